The van der Waals surface area contributed by atoms with Crippen LogP contribution in [0.25, 0.3) is 10.4 Å². The first-order chi connectivity index (χ1) is 18.3. The number of alkyl halides is 5. The van der Waals surface area contributed by atoms with Gasteiger partial charge in [-0.05, 0) is 60.9 Å². The van der Waals surface area contributed by atoms with Gasteiger partial charge in [-0.3, -0.25) is 9.59 Å². The number of rotatable bonds is 9. The van der Waals surface area contributed by atoms with Gasteiger partial charge in [-0.15, -0.1) is 11.3 Å². The molecule has 3 aromatic rings. The normalized spacial score (nSPS) is 14.8. The lowest BCUT2D eigenvalue weighted by atomic mass is 10.0. The van der Waals surface area contributed by atoms with Gasteiger partial charge >= 0.3 is 18.0 Å². The number of carbonyl (C=O) groups excluding carboxylic acids is 2. The summed E-state index contributed by atoms with van der Waals surface area (Å²) in [6.07, 6.45) is -5.96. The summed E-state index contributed by atoms with van der Waals surface area (Å²) in [7, 11) is 0. The second kappa shape index (κ2) is 11.3. The first-order valence-corrected chi connectivity index (χ1v) is 13.0. The van der Waals surface area contributed by atoms with Gasteiger partial charge in [-0.25, -0.2) is 0 Å². The molecule has 1 aliphatic rings. The third kappa shape index (κ3) is 6.56. The van der Waals surface area contributed by atoms with Gasteiger partial charge in [0.25, 0.3) is 5.91 Å². The van der Waals surface area contributed by atoms with E-state index in [1.807, 2.05) is 50.2 Å². The lowest BCUT2D eigenvalue weighted by Crippen LogP contribution is -2.51. The van der Waals surface area contributed by atoms with E-state index < -0.39 is 24.6 Å². The van der Waals surface area contributed by atoms with E-state index in [-0.39, 0.29) is 11.9 Å². The van der Waals surface area contributed by atoms with Crippen LogP contribution >= 0.6 is 11.3 Å². The fourth-order valence-corrected chi connectivity index (χ4v) is 4.88. The Kier molecular flexibility index (Phi) is 8.26. The Morgan fingerprint density at radius 3 is 2.46 bits per heavy atom. The van der Waals surface area contributed by atoms with Gasteiger partial charge in [-0.1, -0.05) is 24.3 Å². The number of hydrogen-bond acceptors (Lipinski definition) is 5. The number of anilines is 1. The zero-order valence-corrected chi connectivity index (χ0v) is 21.9. The molecule has 4 N–H and O–H groups in total. The predicted octanol–water partition coefficient (Wildman–Crippen LogP) is 5.41. The van der Waals surface area contributed by atoms with Crippen molar-refractivity contribution < 1.29 is 31.5 Å². The Labute approximate surface area is 226 Å². The highest BCUT2D eigenvalue weighted by molar-refractivity contribution is 7.15. The molecule has 0 radical (unpaired) electrons. The topological polar surface area (TPSA) is 82.3 Å². The van der Waals surface area contributed by atoms with E-state index in [0.29, 0.717) is 16.5 Å². The summed E-state index contributed by atoms with van der Waals surface area (Å²) >= 11 is 1.15. The van der Waals surface area contributed by atoms with Crippen LogP contribution in [-0.4, -0.2) is 43.0 Å². The van der Waals surface area contributed by atoms with Crippen molar-refractivity contribution in [3.63, 3.8) is 0 Å². The van der Waals surface area contributed by atoms with E-state index in [4.69, 9.17) is 0 Å². The van der Waals surface area contributed by atoms with Gasteiger partial charge in [0.05, 0.1) is 18.6 Å². The van der Waals surface area contributed by atoms with Crippen LogP contribution in [0.2, 0.25) is 0 Å². The molecule has 1 fully saturated rings. The lowest BCUT2D eigenvalue weighted by molar-refractivity contribution is -0.269. The molecular weight excluding hydrogens is 539 g/mol. The number of amides is 2. The number of halogens is 5. The Hall–Kier alpha value is -3.51. The molecule has 1 saturated heterocycles. The maximum absolute atomic E-state index is 13.2. The van der Waals surface area contributed by atoms with Crippen LogP contribution in [0.5, 0.6) is 0 Å². The molecule has 4 rings (SSSR count). The Morgan fingerprint density at radius 1 is 1.05 bits per heavy atom. The summed E-state index contributed by atoms with van der Waals surface area (Å²) in [5.74, 6) is -8.08. The van der Waals surface area contributed by atoms with Crippen LogP contribution in [0.15, 0.2) is 54.6 Å². The van der Waals surface area contributed by atoms with Crippen LogP contribution in [0.4, 0.5) is 27.6 Å². The first kappa shape index (κ1) is 28.5. The Bertz CT molecular complexity index is 1350. The second-order valence-electron chi connectivity index (χ2n) is 9.37. The molecule has 0 saturated carbocycles. The molecule has 1 unspecified atom stereocenters. The quantitative estimate of drug-likeness (QED) is 0.261. The summed E-state index contributed by atoms with van der Waals surface area (Å²) in [5, 5.41) is 11.2. The van der Waals surface area contributed by atoms with Gasteiger partial charge < -0.3 is 21.3 Å². The van der Waals surface area contributed by atoms with E-state index in [0.717, 1.165) is 51.7 Å². The number of benzene rings is 2. The van der Waals surface area contributed by atoms with E-state index in [1.165, 1.54) is 0 Å². The zero-order chi connectivity index (χ0) is 28.4. The molecule has 0 bridgehead atoms. The first-order valence-electron chi connectivity index (χ1n) is 12.2. The molecule has 6 nitrogen and oxygen atoms in total. The minimum Gasteiger partial charge on any atom is -0.380 e. The summed E-state index contributed by atoms with van der Waals surface area (Å²) in [6, 6.07) is 16.3. The Morgan fingerprint density at radius 2 is 1.79 bits per heavy atom. The van der Waals surface area contributed by atoms with E-state index in [1.54, 1.807) is 23.5 Å². The van der Waals surface area contributed by atoms with Crippen LogP contribution < -0.4 is 21.3 Å². The standard InChI is InChI=1S/C27H27F5N4O2S/c1-15-6-7-19(36-20-12-33-13-20)11-22(15)24(37)35-16(2)17-4-3-5-18(10-17)23-9-8-21(39-23)14-34-25(38)26(28,29)27(30,31)32/h3-11,16,20,33,36H,12-14H2,1-2H3,(H,34,38)(H,35,37). The molecule has 2 amide bonds. The molecule has 1 aromatic heterocycles. The zero-order valence-electron chi connectivity index (χ0n) is 21.1. The third-order valence-electron chi connectivity index (χ3n) is 6.38. The lowest BCUT2D eigenvalue weighted by Gasteiger charge is -2.29. The number of aryl methyl sites for hydroxylation is 1. The molecule has 12 heteroatoms. The molecule has 0 aliphatic carbocycles. The van der Waals surface area contributed by atoms with Gasteiger partial charge in [-0.2, -0.15) is 22.0 Å². The monoisotopic (exact) mass is 566 g/mol. The summed E-state index contributed by atoms with van der Waals surface area (Å²) in [6.45, 7) is 5.00. The number of carbonyl (C=O) groups is 2. The largest absolute Gasteiger partial charge is 0.463 e. The fraction of sp³-hybridized carbons (Fsp3) is 0.333. The van der Waals surface area contributed by atoms with Crippen molar-refractivity contribution in [2.45, 2.75) is 44.6 Å². The molecule has 2 aromatic carbocycles. The molecule has 0 spiro atoms. The SMILES string of the molecule is Cc1ccc(NC2CNC2)cc1C(=O)NC(C)c1cccc(-c2ccc(CNC(=O)C(F)(F)C(F)(F)F)s2)c1. The predicted molar refractivity (Wildman–Crippen MR) is 140 cm³/mol. The van der Waals surface area contributed by atoms with Gasteiger partial charge in [0.2, 0.25) is 0 Å². The van der Waals surface area contributed by atoms with Crippen LogP contribution in [0.3, 0.4) is 0 Å². The maximum atomic E-state index is 13.2. The van der Waals surface area contributed by atoms with Crippen molar-refractivity contribution in [2.75, 3.05) is 18.4 Å². The van der Waals surface area contributed by atoms with Gasteiger partial charge in [0.1, 0.15) is 0 Å². The van der Waals surface area contributed by atoms with Crippen molar-refractivity contribution in [2.24, 2.45) is 0 Å². The minimum absolute atomic E-state index is 0.217. The van der Waals surface area contributed by atoms with Crippen molar-refractivity contribution in [3.05, 3.63) is 76.2 Å². The highest BCUT2D eigenvalue weighted by atomic mass is 32.1. The molecule has 1 atom stereocenters. The molecular formula is C27H27F5N4O2S. The second-order valence-corrected chi connectivity index (χ2v) is 10.5. The number of thiophene rings is 1. The minimum atomic E-state index is -5.96. The average molecular weight is 567 g/mol. The Balaban J connectivity index is 1.40. The van der Waals surface area contributed by atoms with Crippen molar-refractivity contribution in [3.8, 4) is 10.4 Å². The summed E-state index contributed by atoms with van der Waals surface area (Å²) in [5.41, 5.74) is 3.88. The van der Waals surface area contributed by atoms with Crippen molar-refractivity contribution in [1.29, 1.82) is 0 Å². The van der Waals surface area contributed by atoms with E-state index in [2.05, 4.69) is 16.0 Å². The smallest absolute Gasteiger partial charge is 0.380 e. The summed E-state index contributed by atoms with van der Waals surface area (Å²) < 4.78 is 63.4. The molecule has 39 heavy (non-hydrogen) atoms. The van der Waals surface area contributed by atoms with Crippen LogP contribution in [0.1, 0.15) is 39.3 Å². The highest BCUT2D eigenvalue weighted by Gasteiger charge is 2.63. The van der Waals surface area contributed by atoms with Crippen LogP contribution in [0, 0.1) is 6.92 Å². The van der Waals surface area contributed by atoms with Crippen LogP contribution in [-0.2, 0) is 11.3 Å². The van der Waals surface area contributed by atoms with Gasteiger partial charge in [0, 0.05) is 34.1 Å². The average Bonchev–Trinajstić information content (AvgIpc) is 3.34. The van der Waals surface area contributed by atoms with E-state index in [9.17, 15) is 31.5 Å². The highest BCUT2D eigenvalue weighted by Crippen LogP contribution is 2.36. The fourth-order valence-electron chi connectivity index (χ4n) is 3.94. The molecule has 1 aliphatic heterocycles. The maximum Gasteiger partial charge on any atom is 0.463 e. The third-order valence-corrected chi connectivity index (χ3v) is 7.51. The van der Waals surface area contributed by atoms with Crippen molar-refractivity contribution >= 4 is 28.8 Å². The summed E-state index contributed by atoms with van der Waals surface area (Å²) in [4.78, 5) is 25.6. The van der Waals surface area contributed by atoms with Crippen molar-refractivity contribution in [1.82, 2.24) is 16.0 Å². The molecule has 2 heterocycles. The van der Waals surface area contributed by atoms with E-state index >= 15 is 0 Å². The molecule has 208 valence electrons. The number of nitrogens with one attached hydrogen (secondary N) is 4. The van der Waals surface area contributed by atoms with Gasteiger partial charge in [0.15, 0.2) is 0 Å². The number of hydrogen-bond donors (Lipinski definition) is 4.